The number of fused-ring (bicyclic) bond motifs is 1. The topological polar surface area (TPSA) is 104 Å². The van der Waals surface area contributed by atoms with E-state index in [1.54, 1.807) is 0 Å². The first kappa shape index (κ1) is 19.6. The minimum atomic E-state index is -0.0586. The summed E-state index contributed by atoms with van der Waals surface area (Å²) in [5.74, 6) is 2.10. The molecule has 1 amide bonds. The van der Waals surface area contributed by atoms with Gasteiger partial charge in [-0.05, 0) is 24.6 Å². The summed E-state index contributed by atoms with van der Waals surface area (Å²) in [4.78, 5) is 28.9. The van der Waals surface area contributed by atoms with Crippen LogP contribution in [0.4, 0.5) is 23.3 Å². The maximum absolute atomic E-state index is 11.7. The van der Waals surface area contributed by atoms with Crippen molar-refractivity contribution in [3.05, 3.63) is 47.5 Å². The fraction of sp³-hybridized carbons (Fsp3) is 0.350. The molecule has 30 heavy (non-hydrogen) atoms. The van der Waals surface area contributed by atoms with E-state index in [1.165, 1.54) is 0 Å². The molecule has 0 fully saturated rings. The molecule has 10 heteroatoms. The lowest BCUT2D eigenvalue weighted by Crippen LogP contribution is -2.36. The number of aromatic nitrogens is 5. The Morgan fingerprint density at radius 2 is 2.10 bits per heavy atom. The van der Waals surface area contributed by atoms with E-state index in [0.717, 1.165) is 28.5 Å². The van der Waals surface area contributed by atoms with Gasteiger partial charge in [0.15, 0.2) is 5.82 Å². The molecule has 10 nitrogen and oxygen atoms in total. The van der Waals surface area contributed by atoms with Crippen LogP contribution < -0.4 is 20.4 Å². The van der Waals surface area contributed by atoms with Crippen molar-refractivity contribution in [3.8, 4) is 0 Å². The summed E-state index contributed by atoms with van der Waals surface area (Å²) in [6.45, 7) is 3.36. The number of likely N-dealkylation sites (N-methyl/N-ethyl adjacent to an activating group) is 1. The third kappa shape index (κ3) is 4.17. The Labute approximate surface area is 175 Å². The standard InChI is InChI=1S/C20H25N9O/c1-13-18-19(28(4)12-17(30)25-18)26-20(24-13)22-8-15-9-23-29(11-15)10-14-5-6-21-16(7-14)27(2)3/h5-7,9,11H,8,10,12H2,1-4H3,(H,25,30)(H,22,24,26). The molecule has 3 aromatic heterocycles. The van der Waals surface area contributed by atoms with Crippen LogP contribution in [0.25, 0.3) is 0 Å². The molecule has 0 saturated heterocycles. The number of carbonyl (C=O) groups is 1. The Balaban J connectivity index is 1.43. The lowest BCUT2D eigenvalue weighted by molar-refractivity contribution is -0.115. The van der Waals surface area contributed by atoms with Crippen LogP contribution in [0.3, 0.4) is 0 Å². The van der Waals surface area contributed by atoms with Gasteiger partial charge in [0.1, 0.15) is 11.5 Å². The van der Waals surface area contributed by atoms with Crippen molar-refractivity contribution >= 4 is 29.2 Å². The van der Waals surface area contributed by atoms with Gasteiger partial charge in [-0.25, -0.2) is 9.97 Å². The van der Waals surface area contributed by atoms with Crippen LogP contribution in [-0.4, -0.2) is 58.3 Å². The van der Waals surface area contributed by atoms with Gasteiger partial charge in [-0.3, -0.25) is 9.48 Å². The first-order valence-electron chi connectivity index (χ1n) is 9.66. The molecule has 0 aliphatic carbocycles. The number of hydrogen-bond acceptors (Lipinski definition) is 8. The van der Waals surface area contributed by atoms with E-state index in [0.29, 0.717) is 24.7 Å². The number of nitrogens with one attached hydrogen (secondary N) is 2. The lowest BCUT2D eigenvalue weighted by Gasteiger charge is -2.27. The van der Waals surface area contributed by atoms with Crippen molar-refractivity contribution in [1.29, 1.82) is 0 Å². The molecular formula is C20H25N9O. The molecule has 0 radical (unpaired) electrons. The number of rotatable bonds is 6. The van der Waals surface area contributed by atoms with Gasteiger partial charge in [-0.2, -0.15) is 10.1 Å². The summed E-state index contributed by atoms with van der Waals surface area (Å²) in [6, 6.07) is 4.05. The fourth-order valence-corrected chi connectivity index (χ4v) is 3.28. The minimum Gasteiger partial charge on any atom is -0.363 e. The molecule has 0 spiro atoms. The molecule has 0 unspecified atom stereocenters. The Morgan fingerprint density at radius 3 is 2.90 bits per heavy atom. The van der Waals surface area contributed by atoms with Crippen LogP contribution in [0.5, 0.6) is 0 Å². The van der Waals surface area contributed by atoms with E-state index in [-0.39, 0.29) is 12.5 Å². The molecule has 1 aliphatic rings. The van der Waals surface area contributed by atoms with Gasteiger partial charge in [0.05, 0.1) is 25.0 Å². The number of anilines is 4. The highest BCUT2D eigenvalue weighted by atomic mass is 16.2. The van der Waals surface area contributed by atoms with Crippen molar-refractivity contribution in [3.63, 3.8) is 0 Å². The Bertz CT molecular complexity index is 1080. The molecule has 3 aromatic rings. The number of hydrogen-bond donors (Lipinski definition) is 2. The highest BCUT2D eigenvalue weighted by molar-refractivity contribution is 6.00. The maximum atomic E-state index is 11.7. The van der Waals surface area contributed by atoms with Gasteiger partial charge in [0.25, 0.3) is 0 Å². The van der Waals surface area contributed by atoms with Crippen molar-refractivity contribution < 1.29 is 4.79 Å². The van der Waals surface area contributed by atoms with Crippen LogP contribution in [0.15, 0.2) is 30.7 Å². The molecule has 0 atom stereocenters. The largest absolute Gasteiger partial charge is 0.363 e. The third-order valence-corrected chi connectivity index (χ3v) is 4.83. The highest BCUT2D eigenvalue weighted by Crippen LogP contribution is 2.29. The van der Waals surface area contributed by atoms with Gasteiger partial charge in [0.2, 0.25) is 11.9 Å². The zero-order chi connectivity index (χ0) is 21.3. The number of pyridine rings is 1. The van der Waals surface area contributed by atoms with Crippen LogP contribution >= 0.6 is 0 Å². The van der Waals surface area contributed by atoms with Gasteiger partial charge in [-0.1, -0.05) is 0 Å². The van der Waals surface area contributed by atoms with E-state index in [1.807, 2.05) is 67.2 Å². The number of aryl methyl sites for hydroxylation is 1. The normalized spacial score (nSPS) is 13.1. The summed E-state index contributed by atoms with van der Waals surface area (Å²) >= 11 is 0. The predicted octanol–water partition coefficient (Wildman–Crippen LogP) is 1.49. The summed E-state index contributed by atoms with van der Waals surface area (Å²) in [7, 11) is 5.79. The fourth-order valence-electron chi connectivity index (χ4n) is 3.28. The average Bonchev–Trinajstić information content (AvgIpc) is 3.15. The molecule has 4 rings (SSSR count). The van der Waals surface area contributed by atoms with Crippen LogP contribution in [0, 0.1) is 6.92 Å². The molecule has 0 saturated carbocycles. The van der Waals surface area contributed by atoms with Crippen molar-refractivity contribution in [2.45, 2.75) is 20.0 Å². The summed E-state index contributed by atoms with van der Waals surface area (Å²) in [6.07, 6.45) is 5.64. The molecule has 0 aromatic carbocycles. The van der Waals surface area contributed by atoms with Crippen LogP contribution in [0.2, 0.25) is 0 Å². The molecule has 0 bridgehead atoms. The SMILES string of the molecule is Cc1nc(NCc2cnn(Cc3ccnc(N(C)C)c3)c2)nc2c1NC(=O)CN2C. The van der Waals surface area contributed by atoms with Crippen molar-refractivity contribution in [1.82, 2.24) is 24.7 Å². The van der Waals surface area contributed by atoms with Crippen molar-refractivity contribution in [2.75, 3.05) is 48.1 Å². The monoisotopic (exact) mass is 407 g/mol. The van der Waals surface area contributed by atoms with Gasteiger partial charge in [0, 0.05) is 45.6 Å². The average molecular weight is 407 g/mol. The Hall–Kier alpha value is -3.69. The van der Waals surface area contributed by atoms with Gasteiger partial charge in [-0.15, -0.1) is 0 Å². The smallest absolute Gasteiger partial charge is 0.244 e. The first-order chi connectivity index (χ1) is 14.4. The van der Waals surface area contributed by atoms with Crippen LogP contribution in [-0.2, 0) is 17.9 Å². The van der Waals surface area contributed by atoms with E-state index >= 15 is 0 Å². The zero-order valence-electron chi connectivity index (χ0n) is 17.5. The Kier molecular flexibility index (Phi) is 5.21. The first-order valence-corrected chi connectivity index (χ1v) is 9.66. The van der Waals surface area contributed by atoms with E-state index in [4.69, 9.17) is 0 Å². The number of amides is 1. The van der Waals surface area contributed by atoms with Crippen LogP contribution in [0.1, 0.15) is 16.8 Å². The second-order valence-corrected chi connectivity index (χ2v) is 7.55. The highest BCUT2D eigenvalue weighted by Gasteiger charge is 2.23. The molecule has 2 N–H and O–H groups in total. The lowest BCUT2D eigenvalue weighted by atomic mass is 10.2. The second kappa shape index (κ2) is 7.97. The second-order valence-electron chi connectivity index (χ2n) is 7.55. The molecule has 1 aliphatic heterocycles. The predicted molar refractivity (Wildman–Crippen MR) is 116 cm³/mol. The van der Waals surface area contributed by atoms with E-state index in [9.17, 15) is 4.79 Å². The molecular weight excluding hydrogens is 382 g/mol. The van der Waals surface area contributed by atoms with E-state index < -0.39 is 0 Å². The third-order valence-electron chi connectivity index (χ3n) is 4.83. The minimum absolute atomic E-state index is 0.0586. The van der Waals surface area contributed by atoms with Gasteiger partial charge >= 0.3 is 0 Å². The maximum Gasteiger partial charge on any atom is 0.244 e. The van der Waals surface area contributed by atoms with Crippen molar-refractivity contribution in [2.24, 2.45) is 0 Å². The summed E-state index contributed by atoms with van der Waals surface area (Å²) in [5.41, 5.74) is 3.56. The van der Waals surface area contributed by atoms with Gasteiger partial charge < -0.3 is 20.4 Å². The number of carbonyl (C=O) groups excluding carboxylic acids is 1. The van der Waals surface area contributed by atoms with E-state index in [2.05, 4.69) is 36.8 Å². The quantitative estimate of drug-likeness (QED) is 0.633. The zero-order valence-corrected chi connectivity index (χ0v) is 17.5. The number of nitrogens with zero attached hydrogens (tertiary/aromatic N) is 7. The molecule has 156 valence electrons. The molecule has 4 heterocycles. The summed E-state index contributed by atoms with van der Waals surface area (Å²) < 4.78 is 1.90. The summed E-state index contributed by atoms with van der Waals surface area (Å²) in [5, 5.41) is 10.5. The Morgan fingerprint density at radius 1 is 1.27 bits per heavy atom.